The number of imide groups is 1. The smallest absolute Gasteiger partial charge is 0.240 e. The molecule has 1 aromatic rings. The number of nitrogens with zero attached hydrogens (tertiary/aromatic N) is 1. The second-order valence-electron chi connectivity index (χ2n) is 5.51. The van der Waals surface area contributed by atoms with Crippen molar-refractivity contribution in [2.45, 2.75) is 32.1 Å². The van der Waals surface area contributed by atoms with Crippen LogP contribution in [-0.2, 0) is 9.59 Å². The van der Waals surface area contributed by atoms with Gasteiger partial charge in [-0.1, -0.05) is 28.8 Å². The molecule has 0 radical (unpaired) electrons. The molecule has 0 N–H and O–H groups in total. The number of amides is 2. The molecule has 1 aromatic carbocycles. The Morgan fingerprint density at radius 1 is 1.25 bits per heavy atom. The van der Waals surface area contributed by atoms with E-state index in [0.29, 0.717) is 17.9 Å². The summed E-state index contributed by atoms with van der Waals surface area (Å²) in [7, 11) is 1.54. The van der Waals surface area contributed by atoms with E-state index in [1.165, 1.54) is 4.90 Å². The van der Waals surface area contributed by atoms with E-state index in [-0.39, 0.29) is 11.8 Å². The highest BCUT2D eigenvalue weighted by Gasteiger charge is 2.53. The van der Waals surface area contributed by atoms with Gasteiger partial charge in [-0.2, -0.15) is 0 Å². The largest absolute Gasteiger partial charge is 0.495 e. The highest BCUT2D eigenvalue weighted by molar-refractivity contribution is 9.10. The maximum atomic E-state index is 12.8. The van der Waals surface area contributed by atoms with Crippen molar-refractivity contribution in [2.24, 2.45) is 5.41 Å². The van der Waals surface area contributed by atoms with E-state index in [1.807, 2.05) is 6.07 Å². The van der Waals surface area contributed by atoms with Crippen LogP contribution in [0.2, 0.25) is 0 Å². The number of halogens is 1. The Kier molecular flexibility index (Phi) is 3.32. The van der Waals surface area contributed by atoms with Gasteiger partial charge in [-0.05, 0) is 31.0 Å². The Labute approximate surface area is 126 Å². The number of hydrogen-bond acceptors (Lipinski definition) is 3. The summed E-state index contributed by atoms with van der Waals surface area (Å²) in [5.74, 6) is 0.370. The molecule has 1 saturated heterocycles. The summed E-state index contributed by atoms with van der Waals surface area (Å²) in [6, 6.07) is 5.36. The summed E-state index contributed by atoms with van der Waals surface area (Å²) in [5.41, 5.74) is 0.0883. The van der Waals surface area contributed by atoms with Crippen LogP contribution >= 0.6 is 15.9 Å². The van der Waals surface area contributed by atoms with Crippen molar-refractivity contribution in [1.82, 2.24) is 0 Å². The molecule has 2 aliphatic rings. The van der Waals surface area contributed by atoms with Gasteiger partial charge < -0.3 is 4.74 Å². The molecule has 0 unspecified atom stereocenters. The second-order valence-corrected chi connectivity index (χ2v) is 6.43. The van der Waals surface area contributed by atoms with Crippen molar-refractivity contribution in [3.8, 4) is 5.75 Å². The molecule has 1 spiro atoms. The normalized spacial score (nSPS) is 21.0. The Balaban J connectivity index is 2.04. The summed E-state index contributed by atoms with van der Waals surface area (Å²) in [5, 5.41) is 0. The van der Waals surface area contributed by atoms with Gasteiger partial charge in [0.1, 0.15) is 5.75 Å². The molecule has 1 aliphatic heterocycles. The lowest BCUT2D eigenvalue weighted by atomic mass is 9.84. The van der Waals surface area contributed by atoms with Gasteiger partial charge in [0.15, 0.2) is 0 Å². The van der Waals surface area contributed by atoms with Crippen LogP contribution in [0.15, 0.2) is 22.7 Å². The lowest BCUT2D eigenvalue weighted by Crippen LogP contribution is -2.34. The van der Waals surface area contributed by atoms with E-state index in [4.69, 9.17) is 4.74 Å². The molecule has 1 aliphatic carbocycles. The Morgan fingerprint density at radius 3 is 2.60 bits per heavy atom. The minimum absolute atomic E-state index is 0.0589. The van der Waals surface area contributed by atoms with Crippen molar-refractivity contribution in [1.29, 1.82) is 0 Å². The zero-order valence-corrected chi connectivity index (χ0v) is 12.9. The van der Waals surface area contributed by atoms with Gasteiger partial charge >= 0.3 is 0 Å². The van der Waals surface area contributed by atoms with E-state index >= 15 is 0 Å². The summed E-state index contributed by atoms with van der Waals surface area (Å²) in [6.07, 6.45) is 4.04. The highest BCUT2D eigenvalue weighted by atomic mass is 79.9. The van der Waals surface area contributed by atoms with Crippen molar-refractivity contribution in [3.05, 3.63) is 22.7 Å². The molecular weight excluding hydrogens is 322 g/mol. The predicted molar refractivity (Wildman–Crippen MR) is 78.7 cm³/mol. The van der Waals surface area contributed by atoms with Gasteiger partial charge in [0.25, 0.3) is 0 Å². The van der Waals surface area contributed by atoms with E-state index in [1.54, 1.807) is 19.2 Å². The fourth-order valence-electron chi connectivity index (χ4n) is 3.32. The molecule has 1 heterocycles. The molecule has 2 amide bonds. The lowest BCUT2D eigenvalue weighted by molar-refractivity contribution is -0.125. The molecule has 5 heteroatoms. The average Bonchev–Trinajstić information content (AvgIpc) is 2.97. The second kappa shape index (κ2) is 4.88. The molecule has 4 nitrogen and oxygen atoms in total. The number of carbonyl (C=O) groups is 2. The van der Waals surface area contributed by atoms with Crippen LogP contribution in [0.4, 0.5) is 5.69 Å². The number of ether oxygens (including phenoxy) is 1. The fraction of sp³-hybridized carbons (Fsp3) is 0.467. The van der Waals surface area contributed by atoms with Gasteiger partial charge in [-0.15, -0.1) is 0 Å². The number of carbonyl (C=O) groups excluding carboxylic acids is 2. The van der Waals surface area contributed by atoms with E-state index in [0.717, 1.165) is 30.2 Å². The molecule has 3 rings (SSSR count). The topological polar surface area (TPSA) is 46.6 Å². The van der Waals surface area contributed by atoms with Crippen LogP contribution in [0, 0.1) is 5.41 Å². The molecular formula is C15H16BrNO3. The van der Waals surface area contributed by atoms with Crippen LogP contribution in [0.5, 0.6) is 5.75 Å². The number of methoxy groups -OCH3 is 1. The molecule has 20 heavy (non-hydrogen) atoms. The van der Waals surface area contributed by atoms with Crippen LogP contribution in [0.25, 0.3) is 0 Å². The lowest BCUT2D eigenvalue weighted by Gasteiger charge is -2.22. The monoisotopic (exact) mass is 337 g/mol. The molecule has 106 valence electrons. The molecule has 0 atom stereocenters. The van der Waals surface area contributed by atoms with Crippen LogP contribution in [0.1, 0.15) is 32.1 Å². The fourth-order valence-corrected chi connectivity index (χ4v) is 3.67. The predicted octanol–water partition coefficient (Wildman–Crippen LogP) is 3.28. The summed E-state index contributed by atoms with van der Waals surface area (Å²) in [4.78, 5) is 26.4. The van der Waals surface area contributed by atoms with Crippen molar-refractivity contribution in [3.63, 3.8) is 0 Å². The Morgan fingerprint density at radius 2 is 1.95 bits per heavy atom. The first kappa shape index (κ1) is 13.6. The third-order valence-electron chi connectivity index (χ3n) is 4.34. The third kappa shape index (κ3) is 1.95. The average molecular weight is 338 g/mol. The van der Waals surface area contributed by atoms with Gasteiger partial charge in [-0.3, -0.25) is 9.59 Å². The van der Waals surface area contributed by atoms with Crippen molar-refractivity contribution in [2.75, 3.05) is 12.0 Å². The van der Waals surface area contributed by atoms with Gasteiger partial charge in [-0.25, -0.2) is 4.90 Å². The maximum Gasteiger partial charge on any atom is 0.240 e. The SMILES string of the molecule is COc1ccc(Br)cc1N1C(=O)CC2(CCCC2)C1=O. The van der Waals surface area contributed by atoms with E-state index in [9.17, 15) is 9.59 Å². The van der Waals surface area contributed by atoms with Crippen LogP contribution in [-0.4, -0.2) is 18.9 Å². The molecule has 2 fully saturated rings. The Hall–Kier alpha value is -1.36. The summed E-state index contributed by atoms with van der Waals surface area (Å²) in [6.45, 7) is 0. The van der Waals surface area contributed by atoms with E-state index < -0.39 is 5.41 Å². The standard InChI is InChI=1S/C15H16BrNO3/c1-20-12-5-4-10(16)8-11(12)17-13(18)9-15(14(17)19)6-2-3-7-15/h4-5,8H,2-3,6-7,9H2,1H3. The van der Waals surface area contributed by atoms with Gasteiger partial charge in [0, 0.05) is 10.9 Å². The zero-order valence-electron chi connectivity index (χ0n) is 11.3. The third-order valence-corrected chi connectivity index (χ3v) is 4.83. The number of rotatable bonds is 2. The number of benzene rings is 1. The Bertz CT molecular complexity index is 578. The quantitative estimate of drug-likeness (QED) is 0.778. The highest BCUT2D eigenvalue weighted by Crippen LogP contribution is 2.49. The minimum Gasteiger partial charge on any atom is -0.495 e. The maximum absolute atomic E-state index is 12.8. The van der Waals surface area contributed by atoms with Gasteiger partial charge in [0.05, 0.1) is 18.2 Å². The number of anilines is 1. The molecule has 0 bridgehead atoms. The minimum atomic E-state index is -0.454. The number of hydrogen-bond donors (Lipinski definition) is 0. The first-order chi connectivity index (χ1) is 9.57. The van der Waals surface area contributed by atoms with Crippen molar-refractivity contribution < 1.29 is 14.3 Å². The summed E-state index contributed by atoms with van der Waals surface area (Å²) < 4.78 is 6.11. The van der Waals surface area contributed by atoms with Crippen molar-refractivity contribution >= 4 is 33.4 Å². The zero-order chi connectivity index (χ0) is 14.3. The first-order valence-electron chi connectivity index (χ1n) is 6.78. The summed E-state index contributed by atoms with van der Waals surface area (Å²) >= 11 is 3.38. The van der Waals surface area contributed by atoms with E-state index in [2.05, 4.69) is 15.9 Å². The van der Waals surface area contributed by atoms with Crippen LogP contribution in [0.3, 0.4) is 0 Å². The van der Waals surface area contributed by atoms with Gasteiger partial charge in [0.2, 0.25) is 11.8 Å². The first-order valence-corrected chi connectivity index (χ1v) is 7.58. The molecule has 1 saturated carbocycles. The van der Waals surface area contributed by atoms with Crippen LogP contribution < -0.4 is 9.64 Å². The molecule has 0 aromatic heterocycles.